The Balaban J connectivity index is 2.04. The highest BCUT2D eigenvalue weighted by molar-refractivity contribution is 9.10. The fourth-order valence-corrected chi connectivity index (χ4v) is 2.08. The minimum absolute atomic E-state index is 0.387. The quantitative estimate of drug-likeness (QED) is 0.734. The van der Waals surface area contributed by atoms with Crippen LogP contribution in [0.15, 0.2) is 39.6 Å². The van der Waals surface area contributed by atoms with E-state index in [1.54, 1.807) is 10.9 Å². The van der Waals surface area contributed by atoms with Crippen LogP contribution in [0.5, 0.6) is 0 Å². The van der Waals surface area contributed by atoms with Crippen LogP contribution in [0.25, 0.3) is 22.8 Å². The van der Waals surface area contributed by atoms with Gasteiger partial charge in [0.15, 0.2) is 0 Å². The molecule has 0 saturated heterocycles. The lowest BCUT2D eigenvalue weighted by Crippen LogP contribution is -1.91. The molecule has 0 saturated carbocycles. The fraction of sp³-hybridized carbons (Fsp3) is 0.0833. The monoisotopic (exact) mass is 319 g/mol. The first-order valence-corrected chi connectivity index (χ1v) is 6.31. The van der Waals surface area contributed by atoms with Gasteiger partial charge in [-0.2, -0.15) is 10.1 Å². The minimum atomic E-state index is 0.387. The largest absolute Gasteiger partial charge is 0.397 e. The first-order valence-electron chi connectivity index (χ1n) is 5.52. The lowest BCUT2D eigenvalue weighted by molar-refractivity contribution is 0.432. The van der Waals surface area contributed by atoms with Gasteiger partial charge in [0.25, 0.3) is 5.89 Å². The second kappa shape index (κ2) is 4.51. The topological polar surface area (TPSA) is 82.8 Å². The van der Waals surface area contributed by atoms with Crippen LogP contribution in [0.1, 0.15) is 0 Å². The van der Waals surface area contributed by atoms with Gasteiger partial charge in [0.2, 0.25) is 5.82 Å². The molecule has 0 radical (unpaired) electrons. The second-order valence-electron chi connectivity index (χ2n) is 4.03. The molecule has 2 N–H and O–H groups in total. The molecule has 0 unspecified atom stereocenters. The summed E-state index contributed by atoms with van der Waals surface area (Å²) in [6.07, 6.45) is 3.50. The van der Waals surface area contributed by atoms with E-state index in [1.807, 2.05) is 31.4 Å². The van der Waals surface area contributed by atoms with Crippen LogP contribution in [0, 0.1) is 0 Å². The molecule has 0 aliphatic rings. The summed E-state index contributed by atoms with van der Waals surface area (Å²) in [4.78, 5) is 4.33. The zero-order valence-electron chi connectivity index (χ0n) is 10.0. The number of rotatable bonds is 2. The molecular formula is C12H10BrN5O. The first kappa shape index (κ1) is 11.9. The molecule has 0 spiro atoms. The molecule has 6 nitrogen and oxygen atoms in total. The van der Waals surface area contributed by atoms with Crippen molar-refractivity contribution >= 4 is 21.6 Å². The van der Waals surface area contributed by atoms with Crippen LogP contribution < -0.4 is 5.73 Å². The number of nitrogens with zero attached hydrogens (tertiary/aromatic N) is 4. The van der Waals surface area contributed by atoms with E-state index in [2.05, 4.69) is 31.2 Å². The van der Waals surface area contributed by atoms with E-state index in [9.17, 15) is 0 Å². The molecule has 0 aliphatic heterocycles. The van der Waals surface area contributed by atoms with Crippen molar-refractivity contribution in [3.63, 3.8) is 0 Å². The number of benzene rings is 1. The summed E-state index contributed by atoms with van der Waals surface area (Å²) >= 11 is 3.37. The molecule has 96 valence electrons. The maximum Gasteiger partial charge on any atom is 0.260 e. The van der Waals surface area contributed by atoms with E-state index in [0.29, 0.717) is 23.0 Å². The van der Waals surface area contributed by atoms with Crippen molar-refractivity contribution in [3.05, 3.63) is 35.1 Å². The van der Waals surface area contributed by atoms with E-state index in [1.165, 1.54) is 0 Å². The predicted molar refractivity (Wildman–Crippen MR) is 74.0 cm³/mol. The number of hydrogen-bond acceptors (Lipinski definition) is 5. The highest BCUT2D eigenvalue weighted by Crippen LogP contribution is 2.31. The Kier molecular flexibility index (Phi) is 2.83. The van der Waals surface area contributed by atoms with Crippen LogP contribution >= 0.6 is 15.9 Å². The Bertz CT molecular complexity index is 733. The zero-order valence-corrected chi connectivity index (χ0v) is 11.6. The molecule has 2 aromatic heterocycles. The average Bonchev–Trinajstić information content (AvgIpc) is 3.01. The van der Waals surface area contributed by atoms with Crippen molar-refractivity contribution in [1.82, 2.24) is 19.9 Å². The minimum Gasteiger partial charge on any atom is -0.397 e. The Morgan fingerprint density at radius 2 is 2.21 bits per heavy atom. The van der Waals surface area contributed by atoms with Gasteiger partial charge in [-0.05, 0) is 28.1 Å². The smallest absolute Gasteiger partial charge is 0.260 e. The van der Waals surface area contributed by atoms with Gasteiger partial charge in [0, 0.05) is 17.7 Å². The molecule has 7 heteroatoms. The number of nitrogens with two attached hydrogens (primary N) is 1. The predicted octanol–water partition coefficient (Wildman–Crippen LogP) is 2.48. The maximum absolute atomic E-state index is 5.98. The second-order valence-corrected chi connectivity index (χ2v) is 4.88. The summed E-state index contributed by atoms with van der Waals surface area (Å²) in [7, 11) is 1.83. The van der Waals surface area contributed by atoms with Crippen LogP contribution in [0.2, 0.25) is 0 Å². The third-order valence-electron chi connectivity index (χ3n) is 2.67. The molecule has 3 rings (SSSR count). The van der Waals surface area contributed by atoms with E-state index < -0.39 is 0 Å². The van der Waals surface area contributed by atoms with Crippen molar-refractivity contribution in [1.29, 1.82) is 0 Å². The maximum atomic E-state index is 5.98. The number of halogens is 1. The van der Waals surface area contributed by atoms with E-state index in [0.717, 1.165) is 10.0 Å². The van der Waals surface area contributed by atoms with Gasteiger partial charge >= 0.3 is 0 Å². The average molecular weight is 320 g/mol. The summed E-state index contributed by atoms with van der Waals surface area (Å²) in [6, 6.07) is 5.56. The number of anilines is 1. The Morgan fingerprint density at radius 1 is 1.37 bits per heavy atom. The highest BCUT2D eigenvalue weighted by Gasteiger charge is 2.14. The van der Waals surface area contributed by atoms with E-state index >= 15 is 0 Å². The number of hydrogen-bond donors (Lipinski definition) is 1. The van der Waals surface area contributed by atoms with Gasteiger partial charge < -0.3 is 10.3 Å². The van der Waals surface area contributed by atoms with Crippen molar-refractivity contribution in [3.8, 4) is 22.8 Å². The third kappa shape index (κ3) is 2.12. The van der Waals surface area contributed by atoms with E-state index in [4.69, 9.17) is 10.3 Å². The molecule has 0 aliphatic carbocycles. The van der Waals surface area contributed by atoms with Crippen LogP contribution in [0.3, 0.4) is 0 Å². The van der Waals surface area contributed by atoms with Gasteiger partial charge in [-0.15, -0.1) is 0 Å². The standard InChI is InChI=1S/C12H10BrN5O/c1-18-6-7(5-15-18)11-16-12(19-17-11)8-3-2-4-9(13)10(8)14/h2-6H,14H2,1H3. The SMILES string of the molecule is Cn1cc(-c2noc(-c3cccc(Br)c3N)n2)cn1. The van der Waals surface area contributed by atoms with Gasteiger partial charge in [0.1, 0.15) is 0 Å². The summed E-state index contributed by atoms with van der Waals surface area (Å²) in [5.74, 6) is 0.875. The lowest BCUT2D eigenvalue weighted by atomic mass is 10.2. The van der Waals surface area contributed by atoms with E-state index in [-0.39, 0.29) is 0 Å². The number of aromatic nitrogens is 4. The zero-order chi connectivity index (χ0) is 13.4. The molecule has 19 heavy (non-hydrogen) atoms. The van der Waals surface area contributed by atoms with Crippen molar-refractivity contribution in [2.24, 2.45) is 7.05 Å². The number of nitrogen functional groups attached to an aromatic ring is 1. The van der Waals surface area contributed by atoms with Crippen LogP contribution in [0.4, 0.5) is 5.69 Å². The first-order chi connectivity index (χ1) is 9.15. The Labute approximate surface area is 117 Å². The Morgan fingerprint density at radius 3 is 2.95 bits per heavy atom. The molecule has 3 aromatic rings. The van der Waals surface area contributed by atoms with Gasteiger partial charge in [-0.3, -0.25) is 4.68 Å². The highest BCUT2D eigenvalue weighted by atomic mass is 79.9. The molecule has 0 atom stereocenters. The molecule has 0 fully saturated rings. The summed E-state index contributed by atoms with van der Waals surface area (Å²) in [6.45, 7) is 0. The Hall–Kier alpha value is -2.15. The van der Waals surface area contributed by atoms with Crippen molar-refractivity contribution in [2.75, 3.05) is 5.73 Å². The third-order valence-corrected chi connectivity index (χ3v) is 3.36. The fourth-order valence-electron chi connectivity index (χ4n) is 1.71. The van der Waals surface area contributed by atoms with Crippen LogP contribution in [-0.4, -0.2) is 19.9 Å². The summed E-state index contributed by atoms with van der Waals surface area (Å²) in [5.41, 5.74) is 8.05. The molecule has 0 bridgehead atoms. The number of para-hydroxylation sites is 1. The molecule has 1 aromatic carbocycles. The van der Waals surface area contributed by atoms with Gasteiger partial charge in [-0.25, -0.2) is 0 Å². The van der Waals surface area contributed by atoms with Crippen LogP contribution in [-0.2, 0) is 7.05 Å². The number of aryl methyl sites for hydroxylation is 1. The van der Waals surface area contributed by atoms with Crippen molar-refractivity contribution in [2.45, 2.75) is 0 Å². The lowest BCUT2D eigenvalue weighted by Gasteiger charge is -2.01. The summed E-state index contributed by atoms with van der Waals surface area (Å²) < 4.78 is 7.73. The molecule has 0 amide bonds. The summed E-state index contributed by atoms with van der Waals surface area (Å²) in [5, 5.41) is 8.01. The van der Waals surface area contributed by atoms with Crippen molar-refractivity contribution < 1.29 is 4.52 Å². The van der Waals surface area contributed by atoms with Gasteiger partial charge in [0.05, 0.1) is 23.0 Å². The van der Waals surface area contributed by atoms with Gasteiger partial charge in [-0.1, -0.05) is 11.2 Å². The normalized spacial score (nSPS) is 10.8. The molecular weight excluding hydrogens is 310 g/mol. The molecule has 2 heterocycles.